The first-order valence-corrected chi connectivity index (χ1v) is 9.59. The minimum absolute atomic E-state index is 0.182. The SMILES string of the molecule is CCc1cc(S(=O)(=O)Nc2nnc(SC)s2)ccc1OC. The second-order valence-electron chi connectivity index (χ2n) is 4.01. The first kappa shape index (κ1) is 16.1. The van der Waals surface area contributed by atoms with E-state index in [-0.39, 0.29) is 10.0 Å². The van der Waals surface area contributed by atoms with E-state index >= 15 is 0 Å². The molecular weight excluding hydrogens is 330 g/mol. The molecule has 0 aliphatic carbocycles. The molecule has 0 aliphatic rings. The fourth-order valence-electron chi connectivity index (χ4n) is 1.71. The van der Waals surface area contributed by atoms with E-state index in [1.165, 1.54) is 29.2 Å². The van der Waals surface area contributed by atoms with Crippen LogP contribution < -0.4 is 9.46 Å². The molecule has 114 valence electrons. The number of aryl methyl sites for hydroxylation is 1. The maximum atomic E-state index is 12.3. The van der Waals surface area contributed by atoms with Gasteiger partial charge in [-0.2, -0.15) is 0 Å². The maximum Gasteiger partial charge on any atom is 0.263 e. The van der Waals surface area contributed by atoms with E-state index in [1.54, 1.807) is 19.2 Å². The van der Waals surface area contributed by atoms with Crippen LogP contribution in [0.3, 0.4) is 0 Å². The lowest BCUT2D eigenvalue weighted by Crippen LogP contribution is -2.13. The van der Waals surface area contributed by atoms with Crippen LogP contribution in [0.2, 0.25) is 0 Å². The van der Waals surface area contributed by atoms with E-state index in [4.69, 9.17) is 4.74 Å². The van der Waals surface area contributed by atoms with Gasteiger partial charge in [-0.05, 0) is 36.4 Å². The second-order valence-corrected chi connectivity index (χ2v) is 7.72. The zero-order chi connectivity index (χ0) is 15.5. The van der Waals surface area contributed by atoms with Crippen LogP contribution in [0.1, 0.15) is 12.5 Å². The predicted octanol–water partition coefficient (Wildman–Crippen LogP) is 2.63. The number of aromatic nitrogens is 2. The highest BCUT2D eigenvalue weighted by Gasteiger charge is 2.18. The first-order valence-electron chi connectivity index (χ1n) is 6.07. The molecule has 9 heteroatoms. The summed E-state index contributed by atoms with van der Waals surface area (Å²) in [4.78, 5) is 0.182. The van der Waals surface area contributed by atoms with Crippen molar-refractivity contribution in [1.29, 1.82) is 0 Å². The first-order chi connectivity index (χ1) is 10.00. The number of hydrogen-bond acceptors (Lipinski definition) is 7. The van der Waals surface area contributed by atoms with Crippen molar-refractivity contribution in [1.82, 2.24) is 10.2 Å². The van der Waals surface area contributed by atoms with Crippen LogP contribution in [0.15, 0.2) is 27.4 Å². The van der Waals surface area contributed by atoms with E-state index in [2.05, 4.69) is 14.9 Å². The van der Waals surface area contributed by atoms with Gasteiger partial charge in [0, 0.05) is 0 Å². The van der Waals surface area contributed by atoms with Crippen LogP contribution in [0.25, 0.3) is 0 Å². The van der Waals surface area contributed by atoms with Crippen molar-refractivity contribution in [2.45, 2.75) is 22.6 Å². The molecule has 0 radical (unpaired) electrons. The molecule has 0 aliphatic heterocycles. The van der Waals surface area contributed by atoms with Crippen molar-refractivity contribution in [3.8, 4) is 5.75 Å². The third-order valence-corrected chi connectivity index (χ3v) is 6.03. The summed E-state index contributed by atoms with van der Waals surface area (Å²) in [5.74, 6) is 0.678. The van der Waals surface area contributed by atoms with E-state index in [1.807, 2.05) is 13.2 Å². The summed E-state index contributed by atoms with van der Waals surface area (Å²) in [5, 5.41) is 7.92. The number of nitrogens with one attached hydrogen (secondary N) is 1. The van der Waals surface area contributed by atoms with Gasteiger partial charge in [-0.3, -0.25) is 4.72 Å². The lowest BCUT2D eigenvalue weighted by Gasteiger charge is -2.10. The molecule has 2 aromatic rings. The molecule has 0 bridgehead atoms. The van der Waals surface area contributed by atoms with Crippen molar-refractivity contribution in [3.63, 3.8) is 0 Å². The molecular formula is C12H15N3O3S3. The summed E-state index contributed by atoms with van der Waals surface area (Å²) in [7, 11) is -2.11. The van der Waals surface area contributed by atoms with E-state index in [0.717, 1.165) is 5.56 Å². The Labute approximate surface area is 132 Å². The molecule has 1 aromatic heterocycles. The van der Waals surface area contributed by atoms with E-state index in [9.17, 15) is 8.42 Å². The molecule has 0 amide bonds. The Morgan fingerprint density at radius 3 is 2.71 bits per heavy atom. The van der Waals surface area contributed by atoms with Crippen molar-refractivity contribution in [2.24, 2.45) is 0 Å². The van der Waals surface area contributed by atoms with Crippen LogP contribution in [0.5, 0.6) is 5.75 Å². The number of methoxy groups -OCH3 is 1. The molecule has 2 rings (SSSR count). The van der Waals surface area contributed by atoms with Crippen molar-refractivity contribution >= 4 is 38.3 Å². The lowest BCUT2D eigenvalue weighted by atomic mass is 10.1. The monoisotopic (exact) mass is 345 g/mol. The molecule has 1 aromatic carbocycles. The van der Waals surface area contributed by atoms with Crippen LogP contribution >= 0.6 is 23.1 Å². The van der Waals surface area contributed by atoms with Crippen molar-refractivity contribution in [2.75, 3.05) is 18.1 Å². The van der Waals surface area contributed by atoms with Crippen molar-refractivity contribution < 1.29 is 13.2 Å². The maximum absolute atomic E-state index is 12.3. The molecule has 0 atom stereocenters. The van der Waals surface area contributed by atoms with Gasteiger partial charge in [-0.25, -0.2) is 8.42 Å². The normalized spacial score (nSPS) is 11.4. The topological polar surface area (TPSA) is 81.2 Å². The summed E-state index contributed by atoms with van der Waals surface area (Å²) in [6, 6.07) is 4.77. The zero-order valence-electron chi connectivity index (χ0n) is 11.8. The molecule has 0 saturated heterocycles. The number of thioether (sulfide) groups is 1. The Hall–Kier alpha value is -1.32. The zero-order valence-corrected chi connectivity index (χ0v) is 14.2. The van der Waals surface area contributed by atoms with Gasteiger partial charge in [-0.15, -0.1) is 10.2 Å². The Morgan fingerprint density at radius 1 is 1.38 bits per heavy atom. The Bertz CT molecular complexity index is 728. The van der Waals surface area contributed by atoms with E-state index in [0.29, 0.717) is 16.5 Å². The number of nitrogens with zero attached hydrogens (tertiary/aromatic N) is 2. The van der Waals surface area contributed by atoms with Gasteiger partial charge < -0.3 is 4.74 Å². The number of hydrogen-bond donors (Lipinski definition) is 1. The predicted molar refractivity (Wildman–Crippen MR) is 84.9 cm³/mol. The Kier molecular flexibility index (Phi) is 5.07. The van der Waals surface area contributed by atoms with E-state index < -0.39 is 10.0 Å². The number of benzene rings is 1. The Morgan fingerprint density at radius 2 is 2.14 bits per heavy atom. The highest BCUT2D eigenvalue weighted by molar-refractivity contribution is 8.00. The third-order valence-electron chi connectivity index (χ3n) is 2.75. The van der Waals surface area contributed by atoms with Crippen LogP contribution in [0, 0.1) is 0 Å². The van der Waals surface area contributed by atoms with Gasteiger partial charge in [0.05, 0.1) is 12.0 Å². The van der Waals surface area contributed by atoms with Gasteiger partial charge in [0.25, 0.3) is 10.0 Å². The highest BCUT2D eigenvalue weighted by Crippen LogP contribution is 2.27. The van der Waals surface area contributed by atoms with Gasteiger partial charge in [0.2, 0.25) is 5.13 Å². The summed E-state index contributed by atoms with van der Waals surface area (Å²) in [6.07, 6.45) is 2.54. The number of rotatable bonds is 6. The van der Waals surface area contributed by atoms with Crippen LogP contribution in [-0.4, -0.2) is 32.0 Å². The average molecular weight is 345 g/mol. The smallest absolute Gasteiger partial charge is 0.263 e. The standard InChI is InChI=1S/C12H15N3O3S3/c1-4-8-7-9(5-6-10(8)18-2)21(16,17)15-11-13-14-12(19-3)20-11/h5-7H,4H2,1-3H3,(H,13,15). The van der Waals surface area contributed by atoms with Crippen molar-refractivity contribution in [3.05, 3.63) is 23.8 Å². The summed E-state index contributed by atoms with van der Waals surface area (Å²) >= 11 is 2.61. The largest absolute Gasteiger partial charge is 0.496 e. The quantitative estimate of drug-likeness (QED) is 0.811. The molecule has 0 fully saturated rings. The second kappa shape index (κ2) is 6.63. The average Bonchev–Trinajstić information content (AvgIpc) is 2.93. The van der Waals surface area contributed by atoms with Crippen LogP contribution in [-0.2, 0) is 16.4 Å². The summed E-state index contributed by atoms with van der Waals surface area (Å²) in [5.41, 5.74) is 0.836. The Balaban J connectivity index is 2.30. The molecule has 21 heavy (non-hydrogen) atoms. The third kappa shape index (κ3) is 3.66. The van der Waals surface area contributed by atoms with Gasteiger partial charge in [-0.1, -0.05) is 30.0 Å². The molecule has 0 saturated carbocycles. The fraction of sp³-hybridized carbons (Fsp3) is 0.333. The molecule has 0 unspecified atom stereocenters. The number of ether oxygens (including phenoxy) is 1. The number of anilines is 1. The number of sulfonamides is 1. The summed E-state index contributed by atoms with van der Waals surface area (Å²) < 4.78 is 33.0. The highest BCUT2D eigenvalue weighted by atomic mass is 32.2. The molecule has 6 nitrogen and oxygen atoms in total. The van der Waals surface area contributed by atoms with Crippen LogP contribution in [0.4, 0.5) is 5.13 Å². The molecule has 1 heterocycles. The molecule has 0 spiro atoms. The minimum Gasteiger partial charge on any atom is -0.496 e. The van der Waals surface area contributed by atoms with Gasteiger partial charge in [0.1, 0.15) is 5.75 Å². The van der Waals surface area contributed by atoms with Gasteiger partial charge in [0.15, 0.2) is 4.34 Å². The summed E-state index contributed by atoms with van der Waals surface area (Å²) in [6.45, 7) is 1.94. The lowest BCUT2D eigenvalue weighted by molar-refractivity contribution is 0.409. The molecule has 1 N–H and O–H groups in total. The minimum atomic E-state index is -3.67. The van der Waals surface area contributed by atoms with Gasteiger partial charge >= 0.3 is 0 Å². The fourth-order valence-corrected chi connectivity index (χ4v) is 4.16.